The fraction of sp³-hybridized carbons (Fsp3) is 0.348. The number of rotatable bonds is 6. The maximum Gasteiger partial charge on any atom is 0.389 e. The van der Waals surface area contributed by atoms with Gasteiger partial charge in [-0.25, -0.2) is 4.39 Å². The van der Waals surface area contributed by atoms with E-state index in [0.29, 0.717) is 23.7 Å². The molecule has 10 heteroatoms. The van der Waals surface area contributed by atoms with Crippen molar-refractivity contribution >= 4 is 23.4 Å². The number of carbonyl (C=O) groups is 3. The van der Waals surface area contributed by atoms with E-state index >= 15 is 4.39 Å². The van der Waals surface area contributed by atoms with Crippen LogP contribution in [-0.4, -0.2) is 43.2 Å². The molecule has 0 saturated heterocycles. The van der Waals surface area contributed by atoms with E-state index in [9.17, 15) is 27.6 Å². The summed E-state index contributed by atoms with van der Waals surface area (Å²) in [7, 11) is 1.52. The first-order chi connectivity index (χ1) is 15.4. The molecule has 0 aliphatic carbocycles. The predicted octanol–water partition coefficient (Wildman–Crippen LogP) is 3.67. The van der Waals surface area contributed by atoms with Crippen molar-refractivity contribution < 1.29 is 31.9 Å². The molecule has 0 radical (unpaired) electrons. The first kappa shape index (κ1) is 24.2. The van der Waals surface area contributed by atoms with Crippen molar-refractivity contribution in [3.63, 3.8) is 0 Å². The monoisotopic (exact) mass is 465 g/mol. The van der Waals surface area contributed by atoms with Crippen LogP contribution in [0.1, 0.15) is 31.4 Å². The third-order valence-electron chi connectivity index (χ3n) is 5.46. The Morgan fingerprint density at radius 2 is 1.58 bits per heavy atom. The van der Waals surface area contributed by atoms with E-state index in [0.717, 1.165) is 5.56 Å². The number of fused-ring (bicyclic) bond motifs is 3. The molecule has 2 N–H and O–H groups in total. The molecule has 0 bridgehead atoms. The number of para-hydroxylation sites is 1. The van der Waals surface area contributed by atoms with Crippen LogP contribution in [0.2, 0.25) is 0 Å². The average molecular weight is 465 g/mol. The molecule has 2 unspecified atom stereocenters. The Morgan fingerprint density at radius 3 is 2.24 bits per heavy atom. The van der Waals surface area contributed by atoms with Gasteiger partial charge in [0.05, 0.1) is 5.69 Å². The smallest absolute Gasteiger partial charge is 0.353 e. The van der Waals surface area contributed by atoms with E-state index < -0.39 is 55.0 Å². The van der Waals surface area contributed by atoms with Crippen LogP contribution >= 0.6 is 0 Å². The number of carbonyl (C=O) groups excluding carboxylic acids is 3. The Morgan fingerprint density at radius 1 is 0.970 bits per heavy atom. The van der Waals surface area contributed by atoms with Gasteiger partial charge >= 0.3 is 6.18 Å². The molecule has 0 fully saturated rings. The highest BCUT2D eigenvalue weighted by molar-refractivity contribution is 6.11. The zero-order valence-electron chi connectivity index (χ0n) is 18.0. The minimum atomic E-state index is -4.40. The van der Waals surface area contributed by atoms with Crippen molar-refractivity contribution in [2.75, 3.05) is 18.5 Å². The molecule has 2 aromatic rings. The summed E-state index contributed by atoms with van der Waals surface area (Å²) in [6.45, 7) is 0.251. The van der Waals surface area contributed by atoms with Crippen molar-refractivity contribution in [1.29, 1.82) is 0 Å². The first-order valence-electron chi connectivity index (χ1n) is 10.2. The first-order valence-corrected chi connectivity index (χ1v) is 10.2. The van der Waals surface area contributed by atoms with Crippen molar-refractivity contribution in [2.45, 2.75) is 37.7 Å². The lowest BCUT2D eigenvalue weighted by Crippen LogP contribution is -2.54. The number of halogens is 4. The van der Waals surface area contributed by atoms with Gasteiger partial charge in [-0.3, -0.25) is 14.4 Å². The molecular weight excluding hydrogens is 442 g/mol. The van der Waals surface area contributed by atoms with Crippen LogP contribution in [0.25, 0.3) is 11.1 Å². The van der Waals surface area contributed by atoms with Crippen LogP contribution in [0.15, 0.2) is 48.5 Å². The summed E-state index contributed by atoms with van der Waals surface area (Å²) in [6.07, 6.45) is -6.01. The fourth-order valence-electron chi connectivity index (χ4n) is 3.60. The van der Waals surface area contributed by atoms with E-state index in [1.54, 1.807) is 42.5 Å². The number of benzene rings is 2. The van der Waals surface area contributed by atoms with E-state index in [1.807, 2.05) is 11.4 Å². The second-order valence-electron chi connectivity index (χ2n) is 7.89. The highest BCUT2D eigenvalue weighted by Gasteiger charge is 2.44. The van der Waals surface area contributed by atoms with Crippen LogP contribution in [-0.2, 0) is 14.4 Å². The van der Waals surface area contributed by atoms with E-state index in [2.05, 4.69) is 5.32 Å². The Bertz CT molecular complexity index is 1070. The van der Waals surface area contributed by atoms with Gasteiger partial charge in [-0.1, -0.05) is 42.5 Å². The number of likely N-dealkylation sites (N-methyl/N-ethyl adjacent to an activating group) is 1. The molecule has 0 spiro atoms. The normalized spacial score (nSPS) is 17.3. The minimum Gasteiger partial charge on any atom is -0.353 e. The van der Waals surface area contributed by atoms with Gasteiger partial charge < -0.3 is 15.5 Å². The van der Waals surface area contributed by atoms with Crippen molar-refractivity contribution in [3.05, 3.63) is 54.1 Å². The second-order valence-corrected chi connectivity index (χ2v) is 7.89. The Balaban J connectivity index is 1.81. The molecule has 0 saturated carbocycles. The lowest BCUT2D eigenvalue weighted by Gasteiger charge is -2.26. The van der Waals surface area contributed by atoms with Crippen LogP contribution in [0.5, 0.6) is 0 Å². The molecule has 2 aromatic carbocycles. The van der Waals surface area contributed by atoms with Crippen molar-refractivity contribution in [2.24, 2.45) is 0 Å². The molecule has 1 aliphatic rings. The highest BCUT2D eigenvalue weighted by atomic mass is 19.4. The third-order valence-corrected chi connectivity index (χ3v) is 5.46. The van der Waals surface area contributed by atoms with Crippen molar-refractivity contribution in [3.8, 4) is 11.1 Å². The van der Waals surface area contributed by atoms with E-state index in [1.165, 1.54) is 11.9 Å². The molecule has 1 heterocycles. The number of anilines is 1. The minimum absolute atomic E-state index is 0.425. The van der Waals surface area contributed by atoms with Gasteiger partial charge in [-0.05, 0) is 30.5 Å². The number of hydrogen-bond donors (Lipinski definition) is 2. The molecular formula is C23H23F4N3O3. The van der Waals surface area contributed by atoms with Crippen LogP contribution in [0, 0.1) is 0 Å². The number of hydrogen-bond acceptors (Lipinski definition) is 3. The largest absolute Gasteiger partial charge is 0.389 e. The van der Waals surface area contributed by atoms with Gasteiger partial charge in [0.25, 0.3) is 23.4 Å². The SMILES string of the molecule is CN1C(=O)C(NC(=O)C(C)(F)C(=O)NCCCC(F)(F)F)c2ccccc2-c2ccccc21. The Hall–Kier alpha value is -3.43. The van der Waals surface area contributed by atoms with Gasteiger partial charge in [0.15, 0.2) is 0 Å². The molecule has 3 rings (SSSR count). The molecule has 2 atom stereocenters. The lowest BCUT2D eigenvalue weighted by molar-refractivity contribution is -0.147. The number of nitrogens with zero attached hydrogens (tertiary/aromatic N) is 1. The molecule has 0 aromatic heterocycles. The maximum absolute atomic E-state index is 15.1. The summed E-state index contributed by atoms with van der Waals surface area (Å²) in [5, 5.41) is 4.33. The number of alkyl halides is 4. The van der Waals surface area contributed by atoms with E-state index in [-0.39, 0.29) is 0 Å². The van der Waals surface area contributed by atoms with Gasteiger partial charge in [0.2, 0.25) is 0 Å². The molecule has 33 heavy (non-hydrogen) atoms. The lowest BCUT2D eigenvalue weighted by atomic mass is 9.95. The summed E-state index contributed by atoms with van der Waals surface area (Å²) in [6, 6.07) is 12.7. The van der Waals surface area contributed by atoms with Gasteiger partial charge in [-0.15, -0.1) is 0 Å². The van der Waals surface area contributed by atoms with Crippen molar-refractivity contribution in [1.82, 2.24) is 10.6 Å². The Kier molecular flexibility index (Phi) is 6.76. The van der Waals surface area contributed by atoms with Crippen LogP contribution in [0.4, 0.5) is 23.2 Å². The van der Waals surface area contributed by atoms with Crippen LogP contribution < -0.4 is 15.5 Å². The molecule has 176 valence electrons. The fourth-order valence-corrected chi connectivity index (χ4v) is 3.60. The summed E-state index contributed by atoms with van der Waals surface area (Å²) in [5.41, 5.74) is -0.684. The quantitative estimate of drug-likeness (QED) is 0.388. The highest BCUT2D eigenvalue weighted by Crippen LogP contribution is 2.39. The summed E-state index contributed by atoms with van der Waals surface area (Å²) in [5.74, 6) is -3.29. The number of nitrogens with one attached hydrogen (secondary N) is 2. The molecule has 1 aliphatic heterocycles. The van der Waals surface area contributed by atoms with Gasteiger partial charge in [-0.2, -0.15) is 13.2 Å². The second kappa shape index (κ2) is 9.21. The van der Waals surface area contributed by atoms with Gasteiger partial charge in [0, 0.05) is 25.6 Å². The van der Waals surface area contributed by atoms with E-state index in [4.69, 9.17) is 0 Å². The summed E-state index contributed by atoms with van der Waals surface area (Å²) in [4.78, 5) is 39.4. The third kappa shape index (κ3) is 5.15. The average Bonchev–Trinajstić information content (AvgIpc) is 2.85. The Labute approximate surface area is 188 Å². The zero-order chi connectivity index (χ0) is 24.4. The van der Waals surface area contributed by atoms with Crippen LogP contribution in [0.3, 0.4) is 0 Å². The summed E-state index contributed by atoms with van der Waals surface area (Å²) >= 11 is 0. The molecule has 3 amide bonds. The molecule has 6 nitrogen and oxygen atoms in total. The summed E-state index contributed by atoms with van der Waals surface area (Å²) < 4.78 is 51.8. The van der Waals surface area contributed by atoms with Gasteiger partial charge in [0.1, 0.15) is 6.04 Å². The number of amides is 3. The standard InChI is InChI=1S/C23H23F4N3O3/c1-22(24,20(32)28-13-7-12-23(25,26)27)21(33)29-18-16-10-4-3-8-14(16)15-9-5-6-11-17(15)30(2)19(18)31/h3-6,8-11,18H,7,12-13H2,1-2H3,(H,28,32)(H,29,33). The predicted molar refractivity (Wildman–Crippen MR) is 114 cm³/mol. The zero-order valence-corrected chi connectivity index (χ0v) is 18.0. The maximum atomic E-state index is 15.1. The topological polar surface area (TPSA) is 78.5 Å².